The second-order valence-electron chi connectivity index (χ2n) is 8.18. The molecule has 0 saturated carbocycles. The Bertz CT molecular complexity index is 1110. The predicted molar refractivity (Wildman–Crippen MR) is 111 cm³/mol. The fraction of sp³-hybridized carbons (Fsp3) is 0.250. The summed E-state index contributed by atoms with van der Waals surface area (Å²) in [6, 6.07) is 16.7. The van der Waals surface area contributed by atoms with Crippen LogP contribution in [0.1, 0.15) is 40.7 Å². The van der Waals surface area contributed by atoms with Crippen LogP contribution in [-0.2, 0) is 24.4 Å². The predicted octanol–water partition coefficient (Wildman–Crippen LogP) is 6.96. The Kier molecular flexibility index (Phi) is 4.07. The van der Waals surface area contributed by atoms with Crippen molar-refractivity contribution in [2.45, 2.75) is 37.3 Å². The molecular formula is C24H18F3O3P. The van der Waals surface area contributed by atoms with E-state index < -0.39 is 20.3 Å². The van der Waals surface area contributed by atoms with E-state index in [-0.39, 0.29) is 11.2 Å². The van der Waals surface area contributed by atoms with Crippen LogP contribution in [0.25, 0.3) is 0 Å². The first kappa shape index (κ1) is 19.0. The Morgan fingerprint density at radius 1 is 0.774 bits per heavy atom. The van der Waals surface area contributed by atoms with Crippen molar-refractivity contribution in [3.8, 4) is 17.2 Å². The van der Waals surface area contributed by atoms with Gasteiger partial charge < -0.3 is 13.6 Å². The summed E-state index contributed by atoms with van der Waals surface area (Å²) in [5, 5.41) is 0. The molecule has 0 atom stereocenters. The van der Waals surface area contributed by atoms with Crippen LogP contribution in [0.2, 0.25) is 0 Å². The van der Waals surface area contributed by atoms with E-state index in [4.69, 9.17) is 13.6 Å². The highest BCUT2D eigenvalue weighted by molar-refractivity contribution is 7.43. The van der Waals surface area contributed by atoms with Crippen LogP contribution in [-0.4, -0.2) is 0 Å². The first-order chi connectivity index (χ1) is 14.9. The van der Waals surface area contributed by atoms with E-state index in [1.165, 1.54) is 34.4 Å². The number of aryl methyl sites for hydroxylation is 2. The molecule has 31 heavy (non-hydrogen) atoms. The summed E-state index contributed by atoms with van der Waals surface area (Å²) in [6.45, 7) is 0. The van der Waals surface area contributed by atoms with Crippen LogP contribution in [0, 0.1) is 0 Å². The van der Waals surface area contributed by atoms with E-state index in [9.17, 15) is 13.2 Å². The molecule has 0 fully saturated rings. The van der Waals surface area contributed by atoms with Gasteiger partial charge in [-0.15, -0.1) is 0 Å². The second-order valence-corrected chi connectivity index (χ2v) is 9.18. The molecule has 0 unspecified atom stereocenters. The van der Waals surface area contributed by atoms with Gasteiger partial charge >= 0.3 is 14.8 Å². The molecule has 6 rings (SSSR count). The first-order valence-corrected chi connectivity index (χ1v) is 11.3. The minimum atomic E-state index is -4.39. The van der Waals surface area contributed by atoms with Gasteiger partial charge in [0.1, 0.15) is 17.2 Å². The van der Waals surface area contributed by atoms with Crippen molar-refractivity contribution in [3.05, 3.63) is 88.5 Å². The highest BCUT2D eigenvalue weighted by Gasteiger charge is 2.50. The maximum Gasteiger partial charge on any atom is 0.530 e. The van der Waals surface area contributed by atoms with Crippen molar-refractivity contribution < 1.29 is 26.7 Å². The summed E-state index contributed by atoms with van der Waals surface area (Å²) < 4.78 is 57.0. The molecule has 3 nitrogen and oxygen atoms in total. The van der Waals surface area contributed by atoms with Gasteiger partial charge in [0.25, 0.3) is 0 Å². The molecule has 1 aliphatic heterocycles. The van der Waals surface area contributed by atoms with Gasteiger partial charge in [0, 0.05) is 16.5 Å². The zero-order valence-electron chi connectivity index (χ0n) is 16.4. The third kappa shape index (κ3) is 2.92. The lowest BCUT2D eigenvalue weighted by atomic mass is 9.76. The summed E-state index contributed by atoms with van der Waals surface area (Å²) >= 11 is 0. The van der Waals surface area contributed by atoms with Crippen LogP contribution in [0.4, 0.5) is 13.2 Å². The molecule has 2 aliphatic carbocycles. The Morgan fingerprint density at radius 3 is 1.84 bits per heavy atom. The molecule has 0 bridgehead atoms. The molecular weight excluding hydrogens is 424 g/mol. The minimum Gasteiger partial charge on any atom is -0.409 e. The van der Waals surface area contributed by atoms with Gasteiger partial charge in [-0.25, -0.2) is 0 Å². The quantitative estimate of drug-likeness (QED) is 0.402. The van der Waals surface area contributed by atoms with Crippen molar-refractivity contribution in [2.24, 2.45) is 0 Å². The van der Waals surface area contributed by atoms with E-state index in [0.717, 1.165) is 49.3 Å². The van der Waals surface area contributed by atoms with Crippen molar-refractivity contribution in [1.29, 1.82) is 0 Å². The SMILES string of the molecule is FC(F)(F)c1ccc(OP2Oc3cccc4c3C3(CC4)CCc4cccc(c43)O2)cc1. The van der Waals surface area contributed by atoms with Crippen LogP contribution < -0.4 is 13.6 Å². The van der Waals surface area contributed by atoms with Crippen LogP contribution in [0.5, 0.6) is 17.2 Å². The lowest BCUT2D eigenvalue weighted by molar-refractivity contribution is -0.137. The molecule has 3 aromatic rings. The van der Waals surface area contributed by atoms with Crippen LogP contribution in [0.15, 0.2) is 60.7 Å². The number of rotatable bonds is 2. The molecule has 0 aromatic heterocycles. The zero-order valence-corrected chi connectivity index (χ0v) is 17.3. The molecule has 1 heterocycles. The number of hydrogen-bond donors (Lipinski definition) is 0. The Labute approximate surface area is 178 Å². The first-order valence-electron chi connectivity index (χ1n) is 10.2. The van der Waals surface area contributed by atoms with Gasteiger partial charge in [0.15, 0.2) is 0 Å². The van der Waals surface area contributed by atoms with Crippen molar-refractivity contribution in [1.82, 2.24) is 0 Å². The third-order valence-corrected chi connectivity index (χ3v) is 7.58. The largest absolute Gasteiger partial charge is 0.530 e. The Morgan fingerprint density at radius 2 is 1.32 bits per heavy atom. The molecule has 158 valence electrons. The molecule has 7 heteroatoms. The smallest absolute Gasteiger partial charge is 0.409 e. The van der Waals surface area contributed by atoms with Crippen LogP contribution in [0.3, 0.4) is 0 Å². The molecule has 3 aliphatic rings. The summed E-state index contributed by atoms with van der Waals surface area (Å²) in [7, 11) is -1.89. The Hall–Kier alpha value is -2.72. The number of benzene rings is 3. The monoisotopic (exact) mass is 442 g/mol. The zero-order chi connectivity index (χ0) is 21.2. The van der Waals surface area contributed by atoms with E-state index >= 15 is 0 Å². The Balaban J connectivity index is 1.42. The standard InChI is InChI=1S/C24H18F3O3P/c25-24(26,27)17-7-9-18(10-8-17)28-31-29-19-5-1-3-15-11-13-23(21(15)19)14-12-16-4-2-6-20(30-31)22(16)23/h1-10H,11-14H2. The van der Waals surface area contributed by atoms with E-state index in [0.29, 0.717) is 0 Å². The van der Waals surface area contributed by atoms with Crippen LogP contribution >= 0.6 is 8.60 Å². The molecule has 1 spiro atoms. The second kappa shape index (κ2) is 6.64. The van der Waals surface area contributed by atoms with Gasteiger partial charge in [-0.3, -0.25) is 0 Å². The van der Waals surface area contributed by atoms with E-state index in [1.807, 2.05) is 24.3 Å². The fourth-order valence-electron chi connectivity index (χ4n) is 5.26. The summed E-state index contributed by atoms with van der Waals surface area (Å²) in [5.41, 5.74) is 4.17. The van der Waals surface area contributed by atoms with Crippen molar-refractivity contribution in [2.75, 3.05) is 0 Å². The summed E-state index contributed by atoms with van der Waals surface area (Å²) in [5.74, 6) is 1.76. The molecule has 3 aromatic carbocycles. The van der Waals surface area contributed by atoms with E-state index in [2.05, 4.69) is 12.1 Å². The minimum absolute atomic E-state index is 0.104. The molecule has 0 saturated heterocycles. The van der Waals surface area contributed by atoms with Gasteiger partial charge in [0.2, 0.25) is 0 Å². The number of hydrogen-bond acceptors (Lipinski definition) is 3. The number of halogens is 3. The lowest BCUT2D eigenvalue weighted by Crippen LogP contribution is -2.24. The van der Waals surface area contributed by atoms with Gasteiger partial charge in [0.05, 0.1) is 5.56 Å². The van der Waals surface area contributed by atoms with E-state index in [1.54, 1.807) is 0 Å². The topological polar surface area (TPSA) is 27.7 Å². The molecule has 0 amide bonds. The molecule has 0 radical (unpaired) electrons. The normalized spacial score (nSPS) is 18.3. The lowest BCUT2D eigenvalue weighted by Gasteiger charge is -2.33. The van der Waals surface area contributed by atoms with Gasteiger partial charge in [-0.05, 0) is 73.2 Å². The summed E-state index contributed by atoms with van der Waals surface area (Å²) in [6.07, 6.45) is -0.382. The average molecular weight is 442 g/mol. The van der Waals surface area contributed by atoms with Gasteiger partial charge in [-0.1, -0.05) is 24.3 Å². The highest BCUT2D eigenvalue weighted by Crippen LogP contribution is 2.61. The fourth-order valence-corrected chi connectivity index (χ4v) is 6.29. The van der Waals surface area contributed by atoms with Crippen molar-refractivity contribution >= 4 is 8.60 Å². The number of alkyl halides is 3. The van der Waals surface area contributed by atoms with Crippen molar-refractivity contribution in [3.63, 3.8) is 0 Å². The maximum absolute atomic E-state index is 12.9. The maximum atomic E-state index is 12.9. The third-order valence-electron chi connectivity index (χ3n) is 6.53. The summed E-state index contributed by atoms with van der Waals surface area (Å²) in [4.78, 5) is 0. The molecule has 0 N–H and O–H groups in total. The average Bonchev–Trinajstić information content (AvgIpc) is 3.30. The van der Waals surface area contributed by atoms with Gasteiger partial charge in [-0.2, -0.15) is 13.2 Å². The highest BCUT2D eigenvalue weighted by atomic mass is 31.2.